The molecule has 1 atom stereocenters. The summed E-state index contributed by atoms with van der Waals surface area (Å²) in [5.74, 6) is -1.14. The van der Waals surface area contributed by atoms with Gasteiger partial charge in [-0.15, -0.1) is 0 Å². The van der Waals surface area contributed by atoms with Gasteiger partial charge in [0, 0.05) is 12.1 Å². The molecule has 1 saturated heterocycles. The molecule has 2 aliphatic heterocycles. The van der Waals surface area contributed by atoms with E-state index in [9.17, 15) is 9.59 Å². The smallest absolute Gasteiger partial charge is 0.305 e. The number of carboxylic acid groups (broad SMARTS) is 1. The highest BCUT2D eigenvalue weighted by Crippen LogP contribution is 2.32. The molecule has 2 heterocycles. The number of hydrogen-bond donors (Lipinski definition) is 1. The molecule has 8 heteroatoms. The maximum absolute atomic E-state index is 12.6. The van der Waals surface area contributed by atoms with Crippen LogP contribution in [0.5, 0.6) is 0 Å². The third kappa shape index (κ3) is 2.86. The van der Waals surface area contributed by atoms with Gasteiger partial charge in [-0.3, -0.25) is 9.59 Å². The van der Waals surface area contributed by atoms with E-state index in [1.807, 2.05) is 0 Å². The molecule has 21 heavy (non-hydrogen) atoms. The SMILES string of the molecule is O=C(O)C[C@H]1COCCN1C(=O)c1ccc2c(c1)N=S=N2. The number of amides is 1. The van der Waals surface area contributed by atoms with E-state index in [1.165, 1.54) is 0 Å². The van der Waals surface area contributed by atoms with Crippen LogP contribution < -0.4 is 0 Å². The zero-order valence-electron chi connectivity index (χ0n) is 11.1. The number of carboxylic acids is 1. The average Bonchev–Trinajstić information content (AvgIpc) is 2.94. The number of fused-ring (bicyclic) bond motifs is 1. The van der Waals surface area contributed by atoms with Crippen LogP contribution in [0.4, 0.5) is 11.4 Å². The second-order valence-corrected chi connectivity index (χ2v) is 5.32. The van der Waals surface area contributed by atoms with Crippen molar-refractivity contribution in [3.05, 3.63) is 23.8 Å². The predicted octanol–water partition coefficient (Wildman–Crippen LogP) is 1.73. The zero-order chi connectivity index (χ0) is 14.8. The van der Waals surface area contributed by atoms with Crippen molar-refractivity contribution in [3.8, 4) is 0 Å². The number of benzene rings is 1. The fourth-order valence-electron chi connectivity index (χ4n) is 2.37. The first-order valence-corrected chi connectivity index (χ1v) is 7.21. The molecule has 7 nitrogen and oxygen atoms in total. The Hall–Kier alpha value is -2.06. The van der Waals surface area contributed by atoms with Crippen LogP contribution in [0.2, 0.25) is 0 Å². The number of hydrogen-bond acceptors (Lipinski definition) is 5. The van der Waals surface area contributed by atoms with E-state index in [4.69, 9.17) is 9.84 Å². The van der Waals surface area contributed by atoms with Crippen molar-refractivity contribution in [2.75, 3.05) is 19.8 Å². The van der Waals surface area contributed by atoms with Gasteiger partial charge in [0.05, 0.1) is 37.0 Å². The van der Waals surface area contributed by atoms with Crippen molar-refractivity contribution >= 4 is 34.6 Å². The Balaban J connectivity index is 1.82. The van der Waals surface area contributed by atoms with Gasteiger partial charge in [-0.1, -0.05) is 0 Å². The largest absolute Gasteiger partial charge is 0.481 e. The molecule has 1 aromatic carbocycles. The average molecular weight is 307 g/mol. The fraction of sp³-hybridized carbons (Fsp3) is 0.385. The Bertz CT molecular complexity index is 669. The molecule has 1 fully saturated rings. The Morgan fingerprint density at radius 2 is 2.19 bits per heavy atom. The number of ether oxygens (including phenoxy) is 1. The van der Waals surface area contributed by atoms with Crippen LogP contribution in [0.1, 0.15) is 16.8 Å². The first-order valence-electron chi connectivity index (χ1n) is 6.48. The van der Waals surface area contributed by atoms with Crippen LogP contribution in [-0.2, 0) is 20.9 Å². The molecule has 2 aliphatic rings. The molecule has 0 radical (unpaired) electrons. The Morgan fingerprint density at radius 3 is 3.00 bits per heavy atom. The van der Waals surface area contributed by atoms with E-state index < -0.39 is 12.0 Å². The van der Waals surface area contributed by atoms with Gasteiger partial charge in [-0.2, -0.15) is 8.73 Å². The number of aliphatic carboxylic acids is 1. The molecule has 110 valence electrons. The van der Waals surface area contributed by atoms with Gasteiger partial charge in [-0.25, -0.2) is 0 Å². The van der Waals surface area contributed by atoms with Crippen LogP contribution in [0.15, 0.2) is 26.9 Å². The summed E-state index contributed by atoms with van der Waals surface area (Å²) >= 11 is 1.10. The summed E-state index contributed by atoms with van der Waals surface area (Å²) in [4.78, 5) is 25.1. The van der Waals surface area contributed by atoms with Crippen molar-refractivity contribution < 1.29 is 19.4 Å². The van der Waals surface area contributed by atoms with Crippen molar-refractivity contribution in [3.63, 3.8) is 0 Å². The van der Waals surface area contributed by atoms with E-state index in [-0.39, 0.29) is 18.9 Å². The molecule has 3 rings (SSSR count). The summed E-state index contributed by atoms with van der Waals surface area (Å²) in [5, 5.41) is 8.94. The van der Waals surface area contributed by atoms with Gasteiger partial charge in [0.15, 0.2) is 0 Å². The van der Waals surface area contributed by atoms with E-state index >= 15 is 0 Å². The number of nitrogens with zero attached hydrogens (tertiary/aromatic N) is 3. The van der Waals surface area contributed by atoms with E-state index in [1.54, 1.807) is 23.1 Å². The monoisotopic (exact) mass is 307 g/mol. The molecule has 0 aliphatic carbocycles. The van der Waals surface area contributed by atoms with Gasteiger partial charge in [0.25, 0.3) is 5.91 Å². The molecule has 1 aromatic rings. The van der Waals surface area contributed by atoms with Gasteiger partial charge >= 0.3 is 5.97 Å². The molecular formula is C13H13N3O4S. The zero-order valence-corrected chi connectivity index (χ0v) is 11.9. The third-order valence-electron chi connectivity index (χ3n) is 3.40. The Kier molecular flexibility index (Phi) is 3.80. The topological polar surface area (TPSA) is 91.6 Å². The lowest BCUT2D eigenvalue weighted by atomic mass is 10.1. The first kappa shape index (κ1) is 13.9. The number of carbonyl (C=O) groups is 2. The van der Waals surface area contributed by atoms with E-state index in [0.717, 1.165) is 17.0 Å². The summed E-state index contributed by atoms with van der Waals surface area (Å²) in [6.07, 6.45) is -0.119. The maximum atomic E-state index is 12.6. The minimum absolute atomic E-state index is 0.119. The van der Waals surface area contributed by atoms with Crippen LogP contribution in [0.3, 0.4) is 0 Å². The highest BCUT2D eigenvalue weighted by atomic mass is 32.1. The molecule has 0 unspecified atom stereocenters. The van der Waals surface area contributed by atoms with Crippen molar-refractivity contribution in [1.82, 2.24) is 4.90 Å². The second kappa shape index (κ2) is 5.74. The van der Waals surface area contributed by atoms with E-state index in [2.05, 4.69) is 8.73 Å². The molecular weight excluding hydrogens is 294 g/mol. The number of morpholine rings is 1. The quantitative estimate of drug-likeness (QED) is 0.934. The lowest BCUT2D eigenvalue weighted by Gasteiger charge is -2.34. The first-order chi connectivity index (χ1) is 10.1. The highest BCUT2D eigenvalue weighted by Gasteiger charge is 2.30. The predicted molar refractivity (Wildman–Crippen MR) is 75.9 cm³/mol. The highest BCUT2D eigenvalue weighted by molar-refractivity contribution is 7.58. The van der Waals surface area contributed by atoms with Crippen LogP contribution in [-0.4, -0.2) is 47.7 Å². The summed E-state index contributed by atoms with van der Waals surface area (Å²) in [6, 6.07) is 4.69. The summed E-state index contributed by atoms with van der Waals surface area (Å²) in [7, 11) is 0. The van der Waals surface area contributed by atoms with Gasteiger partial charge < -0.3 is 14.7 Å². The van der Waals surface area contributed by atoms with Crippen LogP contribution in [0.25, 0.3) is 0 Å². The van der Waals surface area contributed by atoms with Crippen molar-refractivity contribution in [1.29, 1.82) is 0 Å². The summed E-state index contributed by atoms with van der Waals surface area (Å²) < 4.78 is 13.5. The van der Waals surface area contributed by atoms with Gasteiger partial charge in [0.2, 0.25) is 0 Å². The molecule has 0 saturated carbocycles. The number of rotatable bonds is 3. The van der Waals surface area contributed by atoms with Crippen molar-refractivity contribution in [2.24, 2.45) is 8.73 Å². The Morgan fingerprint density at radius 1 is 1.38 bits per heavy atom. The van der Waals surface area contributed by atoms with Crippen molar-refractivity contribution in [2.45, 2.75) is 12.5 Å². The molecule has 0 aromatic heterocycles. The van der Waals surface area contributed by atoms with E-state index in [0.29, 0.717) is 24.4 Å². The lowest BCUT2D eigenvalue weighted by molar-refractivity contribution is -0.139. The molecule has 0 spiro atoms. The standard InChI is InChI=1S/C13H13N3O4S/c17-12(18)6-9-7-20-4-3-16(9)13(19)8-1-2-10-11(5-8)15-21-14-10/h1-2,5,9H,3-4,6-7H2,(H,17,18)/t9-/m0/s1. The lowest BCUT2D eigenvalue weighted by Crippen LogP contribution is -2.49. The minimum Gasteiger partial charge on any atom is -0.481 e. The van der Waals surface area contributed by atoms with Crippen LogP contribution >= 0.6 is 0 Å². The molecule has 0 bridgehead atoms. The van der Waals surface area contributed by atoms with Gasteiger partial charge in [-0.05, 0) is 18.2 Å². The van der Waals surface area contributed by atoms with Crippen LogP contribution in [0, 0.1) is 0 Å². The number of carbonyl (C=O) groups excluding carboxylic acids is 1. The molecule has 1 N–H and O–H groups in total. The second-order valence-electron chi connectivity index (χ2n) is 4.79. The maximum Gasteiger partial charge on any atom is 0.305 e. The Labute approximate surface area is 124 Å². The minimum atomic E-state index is -0.942. The molecule has 1 amide bonds. The summed E-state index contributed by atoms with van der Waals surface area (Å²) in [5.41, 5.74) is 1.92. The normalized spacial score (nSPS) is 20.0. The fourth-order valence-corrected chi connectivity index (χ4v) is 2.89. The van der Waals surface area contributed by atoms with Gasteiger partial charge in [0.1, 0.15) is 11.4 Å². The summed E-state index contributed by atoms with van der Waals surface area (Å²) in [6.45, 7) is 1.06. The third-order valence-corrected chi connectivity index (χ3v) is 3.96.